The molecule has 6 heteroatoms. The van der Waals surface area contributed by atoms with E-state index in [0.717, 1.165) is 36.4 Å². The third-order valence-electron chi connectivity index (χ3n) is 4.35. The Kier molecular flexibility index (Phi) is 3.16. The van der Waals surface area contributed by atoms with Crippen molar-refractivity contribution in [1.82, 2.24) is 19.6 Å². The van der Waals surface area contributed by atoms with Crippen LogP contribution >= 0.6 is 0 Å². The molecule has 0 saturated heterocycles. The normalized spacial score (nSPS) is 26.2. The number of fused-ring (bicyclic) bond motifs is 1. The molecule has 6 nitrogen and oxygen atoms in total. The van der Waals surface area contributed by atoms with Gasteiger partial charge in [-0.25, -0.2) is 4.98 Å². The van der Waals surface area contributed by atoms with Crippen LogP contribution in [0.25, 0.3) is 5.65 Å². The van der Waals surface area contributed by atoms with Gasteiger partial charge in [0.1, 0.15) is 12.2 Å². The van der Waals surface area contributed by atoms with Gasteiger partial charge >= 0.3 is 5.97 Å². The number of aliphatic carboxylic acids is 1. The summed E-state index contributed by atoms with van der Waals surface area (Å²) in [5, 5.41) is 17.8. The number of hydrogen-bond donors (Lipinski definition) is 1. The summed E-state index contributed by atoms with van der Waals surface area (Å²) in [6.45, 7) is 4.01. The summed E-state index contributed by atoms with van der Waals surface area (Å²) < 4.78 is 1.83. The molecule has 0 bridgehead atoms. The first-order chi connectivity index (χ1) is 9.60. The standard InChI is InChI=1S/C14H18N4O2/c1-3-9-5-10(11(6-9)14(19)20)13-17-16-12-4-8(2)15-7-18(12)13/h4,7,9-11H,3,5-6H2,1-2H3,(H,19,20). The minimum atomic E-state index is -0.734. The van der Waals surface area contributed by atoms with Gasteiger partial charge in [0.15, 0.2) is 5.65 Å². The highest BCUT2D eigenvalue weighted by Gasteiger charge is 2.41. The predicted octanol–water partition coefficient (Wildman–Crippen LogP) is 2.04. The van der Waals surface area contributed by atoms with Gasteiger partial charge < -0.3 is 5.11 Å². The maximum Gasteiger partial charge on any atom is 0.307 e. The minimum absolute atomic E-state index is 0.0723. The minimum Gasteiger partial charge on any atom is -0.481 e. The Hall–Kier alpha value is -1.98. The lowest BCUT2D eigenvalue weighted by Gasteiger charge is -2.13. The van der Waals surface area contributed by atoms with E-state index in [1.54, 1.807) is 6.33 Å². The Morgan fingerprint density at radius 3 is 2.95 bits per heavy atom. The molecule has 0 amide bonds. The maximum atomic E-state index is 11.5. The smallest absolute Gasteiger partial charge is 0.307 e. The number of carboxylic acids is 1. The molecule has 106 valence electrons. The Labute approximate surface area is 116 Å². The SMILES string of the molecule is CCC1CC(C(=O)O)C(c2nnc3cc(C)ncn23)C1. The van der Waals surface area contributed by atoms with E-state index in [-0.39, 0.29) is 11.8 Å². The van der Waals surface area contributed by atoms with Gasteiger partial charge in [0, 0.05) is 17.7 Å². The topological polar surface area (TPSA) is 80.4 Å². The van der Waals surface area contributed by atoms with Gasteiger partial charge in [0.2, 0.25) is 0 Å². The number of nitrogens with zero attached hydrogens (tertiary/aromatic N) is 4. The molecular weight excluding hydrogens is 256 g/mol. The Morgan fingerprint density at radius 2 is 2.25 bits per heavy atom. The fraction of sp³-hybridized carbons (Fsp3) is 0.571. The molecule has 1 aliphatic carbocycles. The van der Waals surface area contributed by atoms with Gasteiger partial charge in [-0.3, -0.25) is 9.20 Å². The summed E-state index contributed by atoms with van der Waals surface area (Å²) in [7, 11) is 0. The van der Waals surface area contributed by atoms with Crippen LogP contribution in [-0.2, 0) is 4.79 Å². The van der Waals surface area contributed by atoms with Crippen LogP contribution in [0.3, 0.4) is 0 Å². The highest BCUT2D eigenvalue weighted by Crippen LogP contribution is 2.43. The van der Waals surface area contributed by atoms with E-state index in [9.17, 15) is 9.90 Å². The second-order valence-electron chi connectivity index (χ2n) is 5.61. The summed E-state index contributed by atoms with van der Waals surface area (Å²) in [6.07, 6.45) is 4.29. The number of hydrogen-bond acceptors (Lipinski definition) is 4. The molecule has 0 aliphatic heterocycles. The summed E-state index contributed by atoms with van der Waals surface area (Å²) in [5.41, 5.74) is 1.61. The fourth-order valence-electron chi connectivity index (χ4n) is 3.19. The van der Waals surface area contributed by atoms with E-state index in [1.165, 1.54) is 0 Å². The van der Waals surface area contributed by atoms with Crippen LogP contribution in [0.4, 0.5) is 0 Å². The fourth-order valence-corrected chi connectivity index (χ4v) is 3.19. The average Bonchev–Trinajstić information content (AvgIpc) is 3.00. The van der Waals surface area contributed by atoms with Gasteiger partial charge in [0.05, 0.1) is 5.92 Å². The van der Waals surface area contributed by atoms with Crippen molar-refractivity contribution < 1.29 is 9.90 Å². The summed E-state index contributed by atoms with van der Waals surface area (Å²) in [5.74, 6) is 0.0103. The monoisotopic (exact) mass is 274 g/mol. The molecule has 3 atom stereocenters. The van der Waals surface area contributed by atoms with Crippen LogP contribution < -0.4 is 0 Å². The lowest BCUT2D eigenvalue weighted by atomic mass is 9.95. The van der Waals surface area contributed by atoms with Crippen LogP contribution in [0.2, 0.25) is 0 Å². The predicted molar refractivity (Wildman–Crippen MR) is 72.4 cm³/mol. The molecule has 2 aromatic heterocycles. The summed E-state index contributed by atoms with van der Waals surface area (Å²) >= 11 is 0. The molecule has 1 aliphatic rings. The molecule has 0 aromatic carbocycles. The van der Waals surface area contributed by atoms with Crippen LogP contribution in [0, 0.1) is 18.8 Å². The van der Waals surface area contributed by atoms with Crippen LogP contribution in [0.5, 0.6) is 0 Å². The molecule has 3 rings (SSSR count). The van der Waals surface area contributed by atoms with Crippen LogP contribution in [0.15, 0.2) is 12.4 Å². The first-order valence-corrected chi connectivity index (χ1v) is 7.00. The van der Waals surface area contributed by atoms with E-state index in [0.29, 0.717) is 5.92 Å². The van der Waals surface area contributed by atoms with Gasteiger partial charge in [-0.15, -0.1) is 10.2 Å². The molecule has 1 N–H and O–H groups in total. The summed E-state index contributed by atoms with van der Waals surface area (Å²) in [6, 6.07) is 1.86. The van der Waals surface area contributed by atoms with Gasteiger partial charge in [0.25, 0.3) is 0 Å². The molecule has 2 aromatic rings. The van der Waals surface area contributed by atoms with Crippen molar-refractivity contribution in [2.45, 2.75) is 39.0 Å². The highest BCUT2D eigenvalue weighted by molar-refractivity contribution is 5.71. The van der Waals surface area contributed by atoms with E-state index in [1.807, 2.05) is 17.4 Å². The van der Waals surface area contributed by atoms with Crippen molar-refractivity contribution >= 4 is 11.6 Å². The molecule has 1 saturated carbocycles. The molecule has 3 unspecified atom stereocenters. The third kappa shape index (κ3) is 2.05. The van der Waals surface area contributed by atoms with Crippen molar-refractivity contribution in [3.05, 3.63) is 23.9 Å². The Morgan fingerprint density at radius 1 is 1.45 bits per heavy atom. The highest BCUT2D eigenvalue weighted by atomic mass is 16.4. The summed E-state index contributed by atoms with van der Waals surface area (Å²) in [4.78, 5) is 15.7. The molecular formula is C14H18N4O2. The molecule has 2 heterocycles. The maximum absolute atomic E-state index is 11.5. The van der Waals surface area contributed by atoms with Crippen molar-refractivity contribution in [2.24, 2.45) is 11.8 Å². The van der Waals surface area contributed by atoms with Crippen molar-refractivity contribution in [3.63, 3.8) is 0 Å². The third-order valence-corrected chi connectivity index (χ3v) is 4.35. The van der Waals surface area contributed by atoms with Crippen molar-refractivity contribution in [1.29, 1.82) is 0 Å². The van der Waals surface area contributed by atoms with Gasteiger partial charge in [-0.1, -0.05) is 13.3 Å². The zero-order valence-corrected chi connectivity index (χ0v) is 11.7. The molecule has 0 radical (unpaired) electrons. The second-order valence-corrected chi connectivity index (χ2v) is 5.61. The Bertz CT molecular complexity index is 652. The first kappa shape index (κ1) is 13.0. The van der Waals surface area contributed by atoms with E-state index in [2.05, 4.69) is 22.1 Å². The van der Waals surface area contributed by atoms with Crippen LogP contribution in [-0.4, -0.2) is 30.7 Å². The largest absolute Gasteiger partial charge is 0.481 e. The molecule has 0 spiro atoms. The average molecular weight is 274 g/mol. The van der Waals surface area contributed by atoms with E-state index >= 15 is 0 Å². The lowest BCUT2D eigenvalue weighted by Crippen LogP contribution is -2.18. The zero-order chi connectivity index (χ0) is 14.3. The molecule has 1 fully saturated rings. The van der Waals surface area contributed by atoms with E-state index < -0.39 is 5.97 Å². The van der Waals surface area contributed by atoms with Gasteiger partial charge in [-0.05, 0) is 25.7 Å². The first-order valence-electron chi connectivity index (χ1n) is 7.00. The van der Waals surface area contributed by atoms with Crippen molar-refractivity contribution in [3.8, 4) is 0 Å². The zero-order valence-electron chi connectivity index (χ0n) is 11.7. The number of carboxylic acid groups (broad SMARTS) is 1. The second kappa shape index (κ2) is 4.85. The number of rotatable bonds is 3. The number of aromatic nitrogens is 4. The quantitative estimate of drug-likeness (QED) is 0.926. The van der Waals surface area contributed by atoms with Crippen LogP contribution in [0.1, 0.15) is 43.6 Å². The number of carbonyl (C=O) groups is 1. The van der Waals surface area contributed by atoms with E-state index in [4.69, 9.17) is 0 Å². The molecule has 20 heavy (non-hydrogen) atoms. The van der Waals surface area contributed by atoms with Gasteiger partial charge in [-0.2, -0.15) is 0 Å². The lowest BCUT2D eigenvalue weighted by molar-refractivity contribution is -0.142. The number of aryl methyl sites for hydroxylation is 1. The Balaban J connectivity index is 2.02. The van der Waals surface area contributed by atoms with Crippen molar-refractivity contribution in [2.75, 3.05) is 0 Å².